The molecule has 5 rings (SSSR count). The summed E-state index contributed by atoms with van der Waals surface area (Å²) >= 11 is 7.32. The molecule has 150 valence electrons. The average molecular weight is 440 g/mol. The monoisotopic (exact) mass is 439 g/mol. The van der Waals surface area contributed by atoms with Gasteiger partial charge in [0, 0.05) is 11.1 Å². The minimum Gasteiger partial charge on any atom is -0.497 e. The van der Waals surface area contributed by atoms with Gasteiger partial charge >= 0.3 is 0 Å². The fourth-order valence-electron chi connectivity index (χ4n) is 3.62. The van der Waals surface area contributed by atoms with Gasteiger partial charge in [-0.25, -0.2) is 0 Å². The second-order valence-electron chi connectivity index (χ2n) is 6.77. The van der Waals surface area contributed by atoms with Gasteiger partial charge in [0.15, 0.2) is 5.43 Å². The van der Waals surface area contributed by atoms with Gasteiger partial charge in [0.2, 0.25) is 10.9 Å². The fourth-order valence-corrected chi connectivity index (χ4v) is 4.46. The molecule has 0 bridgehead atoms. The number of anilines is 1. The number of hydrogen-bond donors (Lipinski definition) is 0. The van der Waals surface area contributed by atoms with Crippen LogP contribution >= 0.6 is 22.9 Å². The van der Waals surface area contributed by atoms with E-state index in [1.807, 2.05) is 0 Å². The Morgan fingerprint density at radius 3 is 2.57 bits per heavy atom. The largest absolute Gasteiger partial charge is 0.497 e. The van der Waals surface area contributed by atoms with E-state index in [0.717, 1.165) is 5.56 Å². The summed E-state index contributed by atoms with van der Waals surface area (Å²) in [5, 5.41) is 10.2. The van der Waals surface area contributed by atoms with E-state index in [-0.39, 0.29) is 22.3 Å². The number of hydrogen-bond acceptors (Lipinski definition) is 7. The van der Waals surface area contributed by atoms with E-state index >= 15 is 0 Å². The highest BCUT2D eigenvalue weighted by molar-refractivity contribution is 7.15. The van der Waals surface area contributed by atoms with Gasteiger partial charge in [0.25, 0.3) is 5.91 Å². The number of methoxy groups -OCH3 is 1. The fraction of sp³-hybridized carbons (Fsp3) is 0.143. The van der Waals surface area contributed by atoms with Crippen LogP contribution in [-0.2, 0) is 0 Å². The molecule has 0 saturated heterocycles. The summed E-state index contributed by atoms with van der Waals surface area (Å²) in [4.78, 5) is 28.3. The lowest BCUT2D eigenvalue weighted by atomic mass is 9.99. The molecule has 0 saturated carbocycles. The second-order valence-corrected chi connectivity index (χ2v) is 8.37. The molecule has 2 aromatic carbocycles. The summed E-state index contributed by atoms with van der Waals surface area (Å²) in [6.07, 6.45) is 0. The van der Waals surface area contributed by atoms with Crippen LogP contribution in [-0.4, -0.2) is 23.2 Å². The van der Waals surface area contributed by atoms with Crippen molar-refractivity contribution in [3.05, 3.63) is 79.6 Å². The summed E-state index contributed by atoms with van der Waals surface area (Å²) in [5.74, 6) is 0.0818. The van der Waals surface area contributed by atoms with Crippen molar-refractivity contribution in [2.75, 3.05) is 12.0 Å². The molecule has 0 N–H and O–H groups in total. The van der Waals surface area contributed by atoms with Crippen LogP contribution in [0.5, 0.6) is 5.75 Å². The zero-order chi connectivity index (χ0) is 21.0. The van der Waals surface area contributed by atoms with Gasteiger partial charge in [-0.1, -0.05) is 35.1 Å². The Morgan fingerprint density at radius 2 is 1.90 bits per heavy atom. The van der Waals surface area contributed by atoms with Gasteiger partial charge in [0.1, 0.15) is 16.3 Å². The standard InChI is InChI=1S/C21H14ClN3O4S/c1-10-23-24-21(30-10)25-17(11-3-5-12(22)6-4-11)16-18(26)14-8-7-13(28-2)9-15(14)29-19(16)20(25)27/h3-9,17H,1-2H3. The van der Waals surface area contributed by atoms with Crippen LogP contribution in [0.3, 0.4) is 0 Å². The van der Waals surface area contributed by atoms with Gasteiger partial charge in [0.05, 0.1) is 24.1 Å². The average Bonchev–Trinajstić information content (AvgIpc) is 3.29. The normalized spacial score (nSPS) is 15.6. The van der Waals surface area contributed by atoms with E-state index in [4.69, 9.17) is 20.8 Å². The smallest absolute Gasteiger partial charge is 0.297 e. The first kappa shape index (κ1) is 18.8. The summed E-state index contributed by atoms with van der Waals surface area (Å²) in [5.41, 5.74) is 1.01. The summed E-state index contributed by atoms with van der Waals surface area (Å²) < 4.78 is 11.1. The maximum atomic E-state index is 13.5. The number of benzene rings is 2. The topological polar surface area (TPSA) is 85.5 Å². The second kappa shape index (κ2) is 6.93. The molecule has 0 spiro atoms. The van der Waals surface area contributed by atoms with Crippen molar-refractivity contribution in [3.63, 3.8) is 0 Å². The predicted octanol–water partition coefficient (Wildman–Crippen LogP) is 4.36. The molecule has 7 nitrogen and oxygen atoms in total. The number of amides is 1. The SMILES string of the molecule is COc1ccc2c(=O)c3c(oc2c1)C(=O)N(c1nnc(C)s1)C3c1ccc(Cl)cc1. The third-order valence-corrected chi connectivity index (χ3v) is 6.08. The molecule has 30 heavy (non-hydrogen) atoms. The van der Waals surface area contributed by atoms with E-state index in [1.165, 1.54) is 23.3 Å². The Kier molecular flexibility index (Phi) is 4.34. The number of halogens is 1. The molecular weight excluding hydrogens is 426 g/mol. The molecule has 1 unspecified atom stereocenters. The number of ether oxygens (including phenoxy) is 1. The number of carbonyl (C=O) groups excluding carboxylic acids is 1. The van der Waals surface area contributed by atoms with Crippen LogP contribution in [0.15, 0.2) is 51.7 Å². The molecule has 9 heteroatoms. The van der Waals surface area contributed by atoms with Gasteiger partial charge < -0.3 is 9.15 Å². The molecule has 1 amide bonds. The quantitative estimate of drug-likeness (QED) is 0.471. The zero-order valence-corrected chi connectivity index (χ0v) is 17.5. The number of aryl methyl sites for hydroxylation is 1. The molecule has 0 radical (unpaired) electrons. The lowest BCUT2D eigenvalue weighted by Crippen LogP contribution is -2.29. The number of aromatic nitrogens is 2. The first-order valence-corrected chi connectivity index (χ1v) is 10.2. The Labute approximate surface area is 179 Å². The minimum absolute atomic E-state index is 0.00597. The third-order valence-electron chi connectivity index (χ3n) is 4.99. The van der Waals surface area contributed by atoms with Crippen LogP contribution in [0.4, 0.5) is 5.13 Å². The number of nitrogens with zero attached hydrogens (tertiary/aromatic N) is 3. The van der Waals surface area contributed by atoms with Crippen molar-refractivity contribution >= 4 is 44.9 Å². The molecule has 2 aromatic heterocycles. The molecule has 3 heterocycles. The molecule has 4 aromatic rings. The van der Waals surface area contributed by atoms with E-state index < -0.39 is 11.9 Å². The lowest BCUT2D eigenvalue weighted by molar-refractivity contribution is 0.0970. The molecule has 1 atom stereocenters. The van der Waals surface area contributed by atoms with Crippen molar-refractivity contribution in [2.24, 2.45) is 0 Å². The Balaban J connectivity index is 1.80. The van der Waals surface area contributed by atoms with Crippen LogP contribution in [0.25, 0.3) is 11.0 Å². The van der Waals surface area contributed by atoms with E-state index in [1.54, 1.807) is 49.4 Å². The molecule has 0 fully saturated rings. The van der Waals surface area contributed by atoms with E-state index in [0.29, 0.717) is 26.3 Å². The summed E-state index contributed by atoms with van der Waals surface area (Å²) in [6.45, 7) is 1.80. The van der Waals surface area contributed by atoms with Crippen LogP contribution in [0, 0.1) is 6.92 Å². The number of rotatable bonds is 3. The van der Waals surface area contributed by atoms with Crippen molar-refractivity contribution in [2.45, 2.75) is 13.0 Å². The van der Waals surface area contributed by atoms with Crippen LogP contribution < -0.4 is 15.1 Å². The van der Waals surface area contributed by atoms with E-state index in [9.17, 15) is 9.59 Å². The highest BCUT2D eigenvalue weighted by atomic mass is 35.5. The third kappa shape index (κ3) is 2.79. The zero-order valence-electron chi connectivity index (χ0n) is 15.9. The summed E-state index contributed by atoms with van der Waals surface area (Å²) in [7, 11) is 1.52. The Hall–Kier alpha value is -3.23. The first-order valence-electron chi connectivity index (χ1n) is 9.02. The van der Waals surface area contributed by atoms with Crippen molar-refractivity contribution < 1.29 is 13.9 Å². The van der Waals surface area contributed by atoms with Crippen LogP contribution in [0.2, 0.25) is 5.02 Å². The predicted molar refractivity (Wildman–Crippen MR) is 114 cm³/mol. The van der Waals surface area contributed by atoms with Gasteiger partial charge in [-0.05, 0) is 36.8 Å². The van der Waals surface area contributed by atoms with Crippen molar-refractivity contribution in [1.29, 1.82) is 0 Å². The number of carbonyl (C=O) groups is 1. The molecule has 1 aliphatic heterocycles. The Morgan fingerprint density at radius 1 is 1.13 bits per heavy atom. The highest BCUT2D eigenvalue weighted by Gasteiger charge is 2.45. The van der Waals surface area contributed by atoms with Crippen molar-refractivity contribution in [3.8, 4) is 5.75 Å². The van der Waals surface area contributed by atoms with Gasteiger partial charge in [-0.2, -0.15) is 0 Å². The van der Waals surface area contributed by atoms with Gasteiger partial charge in [-0.3, -0.25) is 14.5 Å². The first-order chi connectivity index (χ1) is 14.5. The Bertz CT molecular complexity index is 1360. The molecule has 1 aliphatic rings. The van der Waals surface area contributed by atoms with E-state index in [2.05, 4.69) is 10.2 Å². The maximum absolute atomic E-state index is 13.5. The molecule has 0 aliphatic carbocycles. The van der Waals surface area contributed by atoms with Gasteiger partial charge in [-0.15, -0.1) is 10.2 Å². The maximum Gasteiger partial charge on any atom is 0.297 e. The minimum atomic E-state index is -0.695. The van der Waals surface area contributed by atoms with Crippen molar-refractivity contribution in [1.82, 2.24) is 10.2 Å². The number of fused-ring (bicyclic) bond motifs is 2. The molecular formula is C21H14ClN3O4S. The highest BCUT2D eigenvalue weighted by Crippen LogP contribution is 2.42. The lowest BCUT2D eigenvalue weighted by Gasteiger charge is -2.22. The van der Waals surface area contributed by atoms with Crippen LogP contribution in [0.1, 0.15) is 32.7 Å². The summed E-state index contributed by atoms with van der Waals surface area (Å²) in [6, 6.07) is 11.2.